The van der Waals surface area contributed by atoms with Crippen molar-refractivity contribution in [3.8, 4) is 0 Å². The lowest BCUT2D eigenvalue weighted by Gasteiger charge is -2.32. The first-order chi connectivity index (χ1) is 14.1. The molecule has 0 aliphatic carbocycles. The number of hydrogen-bond acceptors (Lipinski definition) is 4. The zero-order chi connectivity index (χ0) is 20.6. The van der Waals surface area contributed by atoms with Crippen molar-refractivity contribution < 1.29 is 14.4 Å². The molecule has 1 aliphatic rings. The fourth-order valence-corrected chi connectivity index (χ4v) is 3.39. The number of nitrogens with zero attached hydrogens (tertiary/aromatic N) is 1. The monoisotopic (exact) mass is 430 g/mol. The predicted octanol–water partition coefficient (Wildman–Crippen LogP) is 2.29. The van der Waals surface area contributed by atoms with Gasteiger partial charge in [0.15, 0.2) is 0 Å². The fourth-order valence-electron chi connectivity index (χ4n) is 3.39. The van der Waals surface area contributed by atoms with Gasteiger partial charge in [0.1, 0.15) is 0 Å². The second kappa shape index (κ2) is 11.3. The van der Waals surface area contributed by atoms with E-state index in [1.807, 2.05) is 6.07 Å². The first-order valence-electron chi connectivity index (χ1n) is 9.82. The molecule has 1 unspecified atom stereocenters. The van der Waals surface area contributed by atoms with Gasteiger partial charge in [-0.3, -0.25) is 14.4 Å². The van der Waals surface area contributed by atoms with E-state index in [2.05, 4.69) is 10.6 Å². The van der Waals surface area contributed by atoms with Gasteiger partial charge >= 0.3 is 0 Å². The van der Waals surface area contributed by atoms with Crippen LogP contribution in [0.4, 0.5) is 5.69 Å². The molecular formula is C22H27ClN4O3. The third-order valence-corrected chi connectivity index (χ3v) is 4.95. The average molecular weight is 431 g/mol. The largest absolute Gasteiger partial charge is 0.355 e. The summed E-state index contributed by atoms with van der Waals surface area (Å²) in [6.45, 7) is 1.88. The molecule has 0 aromatic heterocycles. The molecule has 0 bridgehead atoms. The van der Waals surface area contributed by atoms with Gasteiger partial charge in [-0.1, -0.05) is 18.2 Å². The Labute approximate surface area is 182 Å². The van der Waals surface area contributed by atoms with Crippen molar-refractivity contribution in [1.82, 2.24) is 10.2 Å². The van der Waals surface area contributed by atoms with Gasteiger partial charge < -0.3 is 21.3 Å². The van der Waals surface area contributed by atoms with Crippen LogP contribution >= 0.6 is 12.4 Å². The van der Waals surface area contributed by atoms with Crippen molar-refractivity contribution in [1.29, 1.82) is 0 Å². The van der Waals surface area contributed by atoms with E-state index in [1.165, 1.54) is 0 Å². The number of nitrogens with two attached hydrogens (primary N) is 1. The van der Waals surface area contributed by atoms with Crippen LogP contribution in [0.1, 0.15) is 33.6 Å². The summed E-state index contributed by atoms with van der Waals surface area (Å²) in [5.74, 6) is -0.565. The Hall–Kier alpha value is -2.90. The molecule has 1 aliphatic heterocycles. The first-order valence-corrected chi connectivity index (χ1v) is 9.82. The fraction of sp³-hybridized carbons (Fsp3) is 0.318. The second-order valence-corrected chi connectivity index (χ2v) is 7.07. The van der Waals surface area contributed by atoms with E-state index >= 15 is 0 Å². The number of piperidine rings is 1. The molecule has 3 amide bonds. The summed E-state index contributed by atoms with van der Waals surface area (Å²) in [6, 6.07) is 15.8. The van der Waals surface area contributed by atoms with E-state index in [-0.39, 0.29) is 36.0 Å². The van der Waals surface area contributed by atoms with E-state index in [0.717, 1.165) is 12.8 Å². The van der Waals surface area contributed by atoms with Gasteiger partial charge in [0.25, 0.3) is 11.8 Å². The van der Waals surface area contributed by atoms with Crippen molar-refractivity contribution >= 4 is 35.8 Å². The van der Waals surface area contributed by atoms with E-state index in [1.54, 1.807) is 53.4 Å². The predicted molar refractivity (Wildman–Crippen MR) is 119 cm³/mol. The van der Waals surface area contributed by atoms with Crippen molar-refractivity contribution in [3.63, 3.8) is 0 Å². The maximum Gasteiger partial charge on any atom is 0.255 e. The Morgan fingerprint density at radius 1 is 1.00 bits per heavy atom. The van der Waals surface area contributed by atoms with Crippen molar-refractivity contribution in [3.05, 3.63) is 65.7 Å². The number of hydrogen-bond donors (Lipinski definition) is 3. The molecule has 8 heteroatoms. The summed E-state index contributed by atoms with van der Waals surface area (Å²) >= 11 is 0. The summed E-state index contributed by atoms with van der Waals surface area (Å²) in [6.07, 6.45) is 1.56. The maximum absolute atomic E-state index is 12.8. The Kier molecular flexibility index (Phi) is 8.83. The molecule has 7 nitrogen and oxygen atoms in total. The molecule has 2 aromatic rings. The smallest absolute Gasteiger partial charge is 0.255 e. The zero-order valence-corrected chi connectivity index (χ0v) is 17.5. The number of carbonyl (C=O) groups excluding carboxylic acids is 3. The summed E-state index contributed by atoms with van der Waals surface area (Å²) in [4.78, 5) is 38.9. The Balaban J connectivity index is 0.00000320. The summed E-state index contributed by atoms with van der Waals surface area (Å²) < 4.78 is 0. The van der Waals surface area contributed by atoms with Gasteiger partial charge in [-0.2, -0.15) is 0 Å². The lowest BCUT2D eigenvalue weighted by atomic mass is 9.96. The molecule has 2 aromatic carbocycles. The van der Waals surface area contributed by atoms with Crippen LogP contribution in [0, 0.1) is 5.92 Å². The number of benzene rings is 2. The second-order valence-electron chi connectivity index (χ2n) is 7.07. The summed E-state index contributed by atoms with van der Waals surface area (Å²) in [5, 5.41) is 5.62. The lowest BCUT2D eigenvalue weighted by molar-refractivity contribution is -0.126. The minimum atomic E-state index is -0.205. The highest BCUT2D eigenvalue weighted by atomic mass is 35.5. The molecule has 3 rings (SSSR count). The van der Waals surface area contributed by atoms with Crippen LogP contribution in [0.3, 0.4) is 0 Å². The topological polar surface area (TPSA) is 105 Å². The van der Waals surface area contributed by atoms with Gasteiger partial charge in [-0.05, 0) is 49.2 Å². The third-order valence-electron chi connectivity index (χ3n) is 4.95. The van der Waals surface area contributed by atoms with Gasteiger partial charge in [0.05, 0.1) is 5.92 Å². The summed E-state index contributed by atoms with van der Waals surface area (Å²) in [7, 11) is 0. The SMILES string of the molecule is Cl.NCCNC(=O)C1CCCN(C(=O)c2ccc(NC(=O)c3ccccc3)cc2)C1. The minimum Gasteiger partial charge on any atom is -0.355 e. The van der Waals surface area contributed by atoms with Gasteiger partial charge in [0, 0.05) is 43.0 Å². The molecular weight excluding hydrogens is 404 g/mol. The van der Waals surface area contributed by atoms with Gasteiger partial charge in [0.2, 0.25) is 5.91 Å². The highest BCUT2D eigenvalue weighted by molar-refractivity contribution is 6.04. The Morgan fingerprint density at radius 3 is 2.37 bits per heavy atom. The molecule has 160 valence electrons. The Morgan fingerprint density at radius 2 is 1.70 bits per heavy atom. The van der Waals surface area contributed by atoms with Crippen molar-refractivity contribution in [2.45, 2.75) is 12.8 Å². The highest BCUT2D eigenvalue weighted by Crippen LogP contribution is 2.20. The van der Waals surface area contributed by atoms with Gasteiger partial charge in [-0.15, -0.1) is 12.4 Å². The molecule has 30 heavy (non-hydrogen) atoms. The highest BCUT2D eigenvalue weighted by Gasteiger charge is 2.28. The van der Waals surface area contributed by atoms with Crippen LogP contribution in [0.25, 0.3) is 0 Å². The van der Waals surface area contributed by atoms with Crippen LogP contribution in [0.15, 0.2) is 54.6 Å². The molecule has 0 saturated carbocycles. The van der Waals surface area contributed by atoms with Crippen molar-refractivity contribution in [2.24, 2.45) is 11.7 Å². The van der Waals surface area contributed by atoms with Crippen molar-refractivity contribution in [2.75, 3.05) is 31.5 Å². The van der Waals surface area contributed by atoms with Gasteiger partial charge in [-0.25, -0.2) is 0 Å². The third kappa shape index (κ3) is 6.05. The van der Waals surface area contributed by atoms with Crippen LogP contribution < -0.4 is 16.4 Å². The van der Waals surface area contributed by atoms with E-state index in [4.69, 9.17) is 5.73 Å². The molecule has 1 atom stereocenters. The van der Waals surface area contributed by atoms with Crippen LogP contribution in [0.2, 0.25) is 0 Å². The zero-order valence-electron chi connectivity index (χ0n) is 16.7. The number of rotatable bonds is 6. The van der Waals surface area contributed by atoms with E-state index < -0.39 is 0 Å². The average Bonchev–Trinajstić information content (AvgIpc) is 2.78. The minimum absolute atomic E-state index is 0. The lowest BCUT2D eigenvalue weighted by Crippen LogP contribution is -2.46. The number of amides is 3. The number of likely N-dealkylation sites (tertiary alicyclic amines) is 1. The normalized spacial score (nSPS) is 15.6. The standard InChI is InChI=1S/C22H26N4O3.ClH/c23-12-13-24-20(27)18-7-4-14-26(15-18)22(29)17-8-10-19(11-9-17)25-21(28)16-5-2-1-3-6-16;/h1-3,5-6,8-11,18H,4,7,12-15,23H2,(H,24,27)(H,25,28);1H. The molecule has 0 spiro atoms. The molecule has 4 N–H and O–H groups in total. The molecule has 0 radical (unpaired) electrons. The maximum atomic E-state index is 12.8. The molecule has 1 fully saturated rings. The van der Waals surface area contributed by atoms with E-state index in [9.17, 15) is 14.4 Å². The number of halogens is 1. The first kappa shape index (κ1) is 23.4. The van der Waals surface area contributed by atoms with Crippen LogP contribution in [0.5, 0.6) is 0 Å². The number of nitrogens with one attached hydrogen (secondary N) is 2. The van der Waals surface area contributed by atoms with Crippen LogP contribution in [-0.4, -0.2) is 48.8 Å². The van der Waals surface area contributed by atoms with Crippen LogP contribution in [-0.2, 0) is 4.79 Å². The Bertz CT molecular complexity index is 858. The number of anilines is 1. The number of carbonyl (C=O) groups is 3. The summed E-state index contributed by atoms with van der Waals surface area (Å²) in [5.41, 5.74) is 7.15. The molecule has 1 saturated heterocycles. The molecule has 1 heterocycles. The van der Waals surface area contributed by atoms with E-state index in [0.29, 0.717) is 43.0 Å². The quantitative estimate of drug-likeness (QED) is 0.653.